The molecule has 2 amide bonds. The van der Waals surface area contributed by atoms with Gasteiger partial charge in [0.15, 0.2) is 5.82 Å². The van der Waals surface area contributed by atoms with Crippen molar-refractivity contribution in [2.24, 2.45) is 5.41 Å². The zero-order chi connectivity index (χ0) is 27.7. The van der Waals surface area contributed by atoms with E-state index in [1.807, 2.05) is 47.4 Å². The van der Waals surface area contributed by atoms with E-state index in [-0.39, 0.29) is 23.4 Å². The van der Waals surface area contributed by atoms with Crippen LogP contribution in [0.4, 0.5) is 10.6 Å². The van der Waals surface area contributed by atoms with Gasteiger partial charge in [0, 0.05) is 55.2 Å². The Bertz CT molecular complexity index is 1570. The number of benzene rings is 1. The minimum absolute atomic E-state index is 0.0323. The largest absolute Gasteiger partial charge is 0.465 e. The maximum atomic E-state index is 13.9. The van der Waals surface area contributed by atoms with Gasteiger partial charge in [0.2, 0.25) is 5.91 Å². The average molecular weight is 542 g/mol. The van der Waals surface area contributed by atoms with Gasteiger partial charge in [-0.2, -0.15) is 0 Å². The highest BCUT2D eigenvalue weighted by Crippen LogP contribution is 2.41. The Hall–Kier alpha value is -4.67. The number of nitrogens with one attached hydrogen (secondary N) is 2. The summed E-state index contributed by atoms with van der Waals surface area (Å²) in [5, 5.41) is 13.2. The summed E-state index contributed by atoms with van der Waals surface area (Å²) >= 11 is 0. The fraction of sp³-hybridized carbons (Fsp3) is 0.345. The predicted octanol–water partition coefficient (Wildman–Crippen LogP) is 3.07. The predicted molar refractivity (Wildman–Crippen MR) is 150 cm³/mol. The number of nitrogens with zero attached hydrogens (tertiary/aromatic N) is 5. The van der Waals surface area contributed by atoms with Crippen LogP contribution >= 0.6 is 0 Å². The number of aromatic nitrogens is 4. The van der Waals surface area contributed by atoms with E-state index in [1.165, 1.54) is 9.47 Å². The van der Waals surface area contributed by atoms with Crippen molar-refractivity contribution in [2.45, 2.75) is 32.4 Å². The summed E-state index contributed by atoms with van der Waals surface area (Å²) in [5.74, 6) is 0.0419. The molecule has 2 saturated heterocycles. The van der Waals surface area contributed by atoms with E-state index in [4.69, 9.17) is 0 Å². The molecule has 0 atom stereocenters. The van der Waals surface area contributed by atoms with Crippen molar-refractivity contribution in [3.05, 3.63) is 77.1 Å². The van der Waals surface area contributed by atoms with Crippen molar-refractivity contribution in [1.82, 2.24) is 29.7 Å². The Kier molecular flexibility index (Phi) is 6.71. The number of carbonyl (C=O) groups is 2. The summed E-state index contributed by atoms with van der Waals surface area (Å²) in [4.78, 5) is 53.8. The molecular weight excluding hydrogens is 510 g/mol. The van der Waals surface area contributed by atoms with Crippen molar-refractivity contribution < 1.29 is 14.7 Å². The van der Waals surface area contributed by atoms with Crippen LogP contribution in [0.25, 0.3) is 22.2 Å². The zero-order valence-corrected chi connectivity index (χ0v) is 22.0. The van der Waals surface area contributed by atoms with Gasteiger partial charge in [-0.15, -0.1) is 0 Å². The number of carbonyl (C=O) groups excluding carboxylic acids is 1. The van der Waals surface area contributed by atoms with Crippen LogP contribution in [0.1, 0.15) is 25.0 Å². The fourth-order valence-corrected chi connectivity index (χ4v) is 5.91. The Labute approximate surface area is 230 Å². The van der Waals surface area contributed by atoms with Gasteiger partial charge >= 0.3 is 6.09 Å². The lowest BCUT2D eigenvalue weighted by atomic mass is 9.78. The minimum Gasteiger partial charge on any atom is -0.465 e. The van der Waals surface area contributed by atoms with E-state index in [9.17, 15) is 19.5 Å². The third-order valence-electron chi connectivity index (χ3n) is 8.19. The Morgan fingerprint density at radius 1 is 1.05 bits per heavy atom. The molecule has 2 aliphatic rings. The number of piperidine rings is 1. The van der Waals surface area contributed by atoms with Gasteiger partial charge in [0.1, 0.15) is 6.54 Å². The lowest BCUT2D eigenvalue weighted by molar-refractivity contribution is -0.121. The third-order valence-corrected chi connectivity index (χ3v) is 8.19. The fourth-order valence-electron chi connectivity index (χ4n) is 5.91. The van der Waals surface area contributed by atoms with Gasteiger partial charge in [-0.05, 0) is 42.4 Å². The van der Waals surface area contributed by atoms with Gasteiger partial charge in [-0.3, -0.25) is 19.1 Å². The molecule has 1 aromatic carbocycles. The Morgan fingerprint density at radius 3 is 2.58 bits per heavy atom. The molecule has 0 unspecified atom stereocenters. The molecule has 0 aliphatic carbocycles. The monoisotopic (exact) mass is 541 g/mol. The molecule has 1 spiro atoms. The van der Waals surface area contributed by atoms with Crippen LogP contribution in [0.5, 0.6) is 0 Å². The van der Waals surface area contributed by atoms with Gasteiger partial charge < -0.3 is 25.2 Å². The van der Waals surface area contributed by atoms with Crippen LogP contribution in [0.15, 0.2) is 65.8 Å². The van der Waals surface area contributed by atoms with Crippen LogP contribution in [0.2, 0.25) is 0 Å². The summed E-state index contributed by atoms with van der Waals surface area (Å²) in [6, 6.07) is 13.3. The quantitative estimate of drug-likeness (QED) is 0.341. The molecular formula is C29H31N7O4. The summed E-state index contributed by atoms with van der Waals surface area (Å²) in [6.07, 6.45) is 6.66. The summed E-state index contributed by atoms with van der Waals surface area (Å²) in [5.41, 5.74) is 2.82. The molecule has 2 aliphatic heterocycles. The molecule has 6 rings (SSSR count). The molecule has 206 valence electrons. The molecule has 0 saturated carbocycles. The second-order valence-electron chi connectivity index (χ2n) is 10.7. The van der Waals surface area contributed by atoms with Crippen molar-refractivity contribution in [3.63, 3.8) is 0 Å². The maximum absolute atomic E-state index is 13.9. The lowest BCUT2D eigenvalue weighted by Crippen LogP contribution is -2.44. The number of H-pyrrole nitrogens is 1. The van der Waals surface area contributed by atoms with Crippen LogP contribution in [-0.4, -0.2) is 67.7 Å². The smallest absolute Gasteiger partial charge is 0.407 e. The highest BCUT2D eigenvalue weighted by atomic mass is 16.4. The number of likely N-dealkylation sites (tertiary alicyclic amines) is 1. The standard InChI is InChI=1S/C29H31N7O4/c37-25(31-16-22-14-21-15-30-10-6-23(21)33-22)18-36-24(20-4-2-1-3-5-20)17-32-26(27(36)38)35-13-9-29(19-35)7-11-34(12-8-29)28(39)40/h1-6,10,14-15,17,33H,7-9,11-13,16,18-19H2,(H,31,37)(H,39,40). The van der Waals surface area contributed by atoms with Crippen LogP contribution in [0.3, 0.4) is 0 Å². The van der Waals surface area contributed by atoms with Crippen molar-refractivity contribution in [3.8, 4) is 11.3 Å². The molecule has 11 heteroatoms. The van der Waals surface area contributed by atoms with Crippen molar-refractivity contribution >= 4 is 28.7 Å². The van der Waals surface area contributed by atoms with Crippen LogP contribution in [-0.2, 0) is 17.9 Å². The van der Waals surface area contributed by atoms with Crippen LogP contribution < -0.4 is 15.8 Å². The van der Waals surface area contributed by atoms with Crippen molar-refractivity contribution in [1.29, 1.82) is 0 Å². The average Bonchev–Trinajstić information content (AvgIpc) is 3.58. The molecule has 3 aromatic heterocycles. The Balaban J connectivity index is 1.23. The van der Waals surface area contributed by atoms with E-state index in [0.29, 0.717) is 44.2 Å². The number of hydrogen-bond acceptors (Lipinski definition) is 6. The summed E-state index contributed by atoms with van der Waals surface area (Å²) < 4.78 is 1.50. The number of carboxylic acid groups (broad SMARTS) is 1. The zero-order valence-electron chi connectivity index (χ0n) is 22.0. The maximum Gasteiger partial charge on any atom is 0.407 e. The molecule has 0 radical (unpaired) electrons. The first-order valence-electron chi connectivity index (χ1n) is 13.5. The van der Waals surface area contributed by atoms with Gasteiger partial charge in [0.05, 0.1) is 18.4 Å². The molecule has 4 aromatic rings. The highest BCUT2D eigenvalue weighted by molar-refractivity contribution is 5.80. The van der Waals surface area contributed by atoms with E-state index in [0.717, 1.165) is 41.4 Å². The SMILES string of the molecule is O=C(Cn1c(-c2ccccc2)cnc(N2CCC3(CCN(C(=O)O)CC3)C2)c1=O)NCc1cc2cnccc2[nH]1. The van der Waals surface area contributed by atoms with Gasteiger partial charge in [-0.1, -0.05) is 30.3 Å². The number of hydrogen-bond donors (Lipinski definition) is 3. The molecule has 3 N–H and O–H groups in total. The molecule has 40 heavy (non-hydrogen) atoms. The first kappa shape index (κ1) is 25.6. The number of aromatic amines is 1. The molecule has 5 heterocycles. The first-order chi connectivity index (χ1) is 19.4. The van der Waals surface area contributed by atoms with E-state index >= 15 is 0 Å². The molecule has 2 fully saturated rings. The normalized spacial score (nSPS) is 16.5. The second-order valence-corrected chi connectivity index (χ2v) is 10.7. The van der Waals surface area contributed by atoms with Gasteiger partial charge in [-0.25, -0.2) is 9.78 Å². The van der Waals surface area contributed by atoms with E-state index in [1.54, 1.807) is 18.6 Å². The van der Waals surface area contributed by atoms with Crippen molar-refractivity contribution in [2.75, 3.05) is 31.1 Å². The third kappa shape index (κ3) is 5.02. The Morgan fingerprint density at radius 2 is 1.82 bits per heavy atom. The second kappa shape index (κ2) is 10.5. The van der Waals surface area contributed by atoms with E-state index < -0.39 is 6.09 Å². The van der Waals surface area contributed by atoms with E-state index in [2.05, 4.69) is 20.3 Å². The molecule has 0 bridgehead atoms. The van der Waals surface area contributed by atoms with Gasteiger partial charge in [0.25, 0.3) is 5.56 Å². The lowest BCUT2D eigenvalue weighted by Gasteiger charge is -2.38. The first-order valence-corrected chi connectivity index (χ1v) is 13.5. The highest BCUT2D eigenvalue weighted by Gasteiger charge is 2.42. The number of fused-ring (bicyclic) bond motifs is 1. The summed E-state index contributed by atoms with van der Waals surface area (Å²) in [6.45, 7) is 2.47. The molecule has 11 nitrogen and oxygen atoms in total. The minimum atomic E-state index is -0.884. The van der Waals surface area contributed by atoms with Crippen LogP contribution in [0, 0.1) is 5.41 Å². The number of rotatable bonds is 6. The number of pyridine rings is 1. The number of anilines is 1. The summed E-state index contributed by atoms with van der Waals surface area (Å²) in [7, 11) is 0. The number of amides is 2. The topological polar surface area (TPSA) is 136 Å².